The molecule has 0 aromatic heterocycles. The highest BCUT2D eigenvalue weighted by Crippen LogP contribution is 2.31. The number of hydrogen-bond donors (Lipinski definition) is 1. The molecule has 0 saturated heterocycles. The molecule has 0 spiro atoms. The Hall–Kier alpha value is -1.34. The van der Waals surface area contributed by atoms with Crippen LogP contribution in [0.15, 0.2) is 18.2 Å². The zero-order valence-corrected chi connectivity index (χ0v) is 16.6. The fourth-order valence-corrected chi connectivity index (χ4v) is 3.04. The van der Waals surface area contributed by atoms with Crippen LogP contribution in [0.25, 0.3) is 0 Å². The van der Waals surface area contributed by atoms with Crippen molar-refractivity contribution in [3.05, 3.63) is 35.4 Å². The molecule has 0 unspecified atom stereocenters. The Kier molecular flexibility index (Phi) is 6.51. The third kappa shape index (κ3) is 6.15. The minimum absolute atomic E-state index is 0.0732. The molecule has 0 aliphatic carbocycles. The number of rotatable bonds is 5. The van der Waals surface area contributed by atoms with E-state index in [1.807, 2.05) is 0 Å². The molecule has 0 aliphatic rings. The van der Waals surface area contributed by atoms with E-state index in [2.05, 4.69) is 4.72 Å². The molecule has 1 rings (SSSR count). The van der Waals surface area contributed by atoms with Gasteiger partial charge in [0.15, 0.2) is 11.6 Å². The molecule has 0 radical (unpaired) electrons. The Bertz CT molecular complexity index is 665. The molecule has 0 saturated carbocycles. The second-order valence-corrected chi connectivity index (χ2v) is 10.1. The molecule has 7 heteroatoms. The Balaban J connectivity index is 3.29. The van der Waals surface area contributed by atoms with Gasteiger partial charge in [0.1, 0.15) is 5.60 Å². The Morgan fingerprint density at radius 2 is 1.68 bits per heavy atom. The smallest absolute Gasteiger partial charge is 0.308 e. The molecule has 0 heterocycles. The second kappa shape index (κ2) is 7.50. The highest BCUT2D eigenvalue weighted by molar-refractivity contribution is 7.84. The van der Waals surface area contributed by atoms with E-state index in [-0.39, 0.29) is 12.0 Å². The van der Waals surface area contributed by atoms with Gasteiger partial charge < -0.3 is 4.74 Å². The van der Waals surface area contributed by atoms with Crippen molar-refractivity contribution in [3.63, 3.8) is 0 Å². The molecule has 4 nitrogen and oxygen atoms in total. The largest absolute Gasteiger partial charge is 0.460 e. The van der Waals surface area contributed by atoms with E-state index in [4.69, 9.17) is 4.74 Å². The van der Waals surface area contributed by atoms with Crippen LogP contribution in [-0.4, -0.2) is 20.5 Å². The average Bonchev–Trinajstić information content (AvgIpc) is 2.37. The van der Waals surface area contributed by atoms with E-state index in [0.717, 1.165) is 6.07 Å². The summed E-state index contributed by atoms with van der Waals surface area (Å²) >= 11 is 0. The van der Waals surface area contributed by atoms with Gasteiger partial charge in [-0.3, -0.25) is 4.79 Å². The van der Waals surface area contributed by atoms with Crippen LogP contribution < -0.4 is 4.72 Å². The van der Waals surface area contributed by atoms with Crippen LogP contribution in [0.3, 0.4) is 0 Å². The summed E-state index contributed by atoms with van der Waals surface area (Å²) in [6.07, 6.45) is -0.299. The maximum Gasteiger partial charge on any atom is 0.308 e. The summed E-state index contributed by atoms with van der Waals surface area (Å²) in [6, 6.07) is 3.71. The van der Waals surface area contributed by atoms with Gasteiger partial charge in [0.25, 0.3) is 0 Å². The van der Waals surface area contributed by atoms with E-state index in [1.54, 1.807) is 41.5 Å². The van der Waals surface area contributed by atoms with Gasteiger partial charge in [-0.15, -0.1) is 0 Å². The quantitative estimate of drug-likeness (QED) is 0.793. The summed E-state index contributed by atoms with van der Waals surface area (Å²) in [7, 11) is -1.61. The van der Waals surface area contributed by atoms with E-state index in [9.17, 15) is 17.8 Å². The Labute approximate surface area is 150 Å². The lowest BCUT2D eigenvalue weighted by Gasteiger charge is -2.34. The van der Waals surface area contributed by atoms with E-state index >= 15 is 0 Å². The van der Waals surface area contributed by atoms with Crippen LogP contribution in [0, 0.1) is 11.6 Å². The number of nitrogens with one attached hydrogen (secondary N) is 1. The van der Waals surface area contributed by atoms with Crippen molar-refractivity contribution in [2.24, 2.45) is 0 Å². The third-order valence-corrected chi connectivity index (χ3v) is 5.09. The summed E-state index contributed by atoms with van der Waals surface area (Å²) < 4.78 is 48.1. The first-order valence-electron chi connectivity index (χ1n) is 8.02. The lowest BCUT2D eigenvalue weighted by molar-refractivity contribution is -0.156. The lowest BCUT2D eigenvalue weighted by atomic mass is 9.89. The monoisotopic (exact) mass is 375 g/mol. The molecule has 25 heavy (non-hydrogen) atoms. The number of carbonyl (C=O) groups is 1. The minimum atomic E-state index is -1.61. The number of esters is 1. The van der Waals surface area contributed by atoms with Crippen LogP contribution >= 0.6 is 0 Å². The van der Waals surface area contributed by atoms with Gasteiger partial charge in [-0.25, -0.2) is 17.7 Å². The van der Waals surface area contributed by atoms with Gasteiger partial charge in [0.05, 0.1) is 27.7 Å². The maximum absolute atomic E-state index is 14.4. The van der Waals surface area contributed by atoms with Gasteiger partial charge in [0, 0.05) is 5.56 Å². The second-order valence-electron chi connectivity index (χ2n) is 8.18. The van der Waals surface area contributed by atoms with Gasteiger partial charge in [-0.2, -0.15) is 0 Å². The first-order chi connectivity index (χ1) is 11.2. The molecule has 0 fully saturated rings. The summed E-state index contributed by atoms with van der Waals surface area (Å²) in [5.41, 5.74) is -2.19. The number of halogens is 2. The molecule has 0 aliphatic heterocycles. The van der Waals surface area contributed by atoms with Gasteiger partial charge >= 0.3 is 5.97 Å². The topological polar surface area (TPSA) is 55.4 Å². The maximum atomic E-state index is 14.4. The summed E-state index contributed by atoms with van der Waals surface area (Å²) in [5.74, 6) is -2.71. The molecule has 0 amide bonds. The normalized spacial score (nSPS) is 16.2. The SMILES string of the molecule is CC(C)(C)OC(=O)C[C@](C)(N[S@](=O)C(C)(C)C)c1cccc(F)c1F. The predicted molar refractivity (Wildman–Crippen MR) is 95.2 cm³/mol. The summed E-state index contributed by atoms with van der Waals surface area (Å²) in [5, 5.41) is 0. The standard InChI is InChI=1S/C18H27F2NO3S/c1-16(2,3)24-14(22)11-18(7,21-25(23)17(4,5)6)12-9-8-10-13(19)15(12)20/h8-10,21H,11H2,1-7H3/t18-,25+/m0/s1. The molecule has 0 bridgehead atoms. The molecule has 1 aromatic carbocycles. The first kappa shape index (κ1) is 21.7. The Morgan fingerprint density at radius 1 is 1.12 bits per heavy atom. The molecular weight excluding hydrogens is 348 g/mol. The van der Waals surface area contributed by atoms with Crippen LogP contribution in [0.4, 0.5) is 8.78 Å². The van der Waals surface area contributed by atoms with Crippen molar-refractivity contribution in [1.29, 1.82) is 0 Å². The lowest BCUT2D eigenvalue weighted by Crippen LogP contribution is -2.48. The molecule has 1 N–H and O–H groups in total. The van der Waals surface area contributed by atoms with E-state index in [0.29, 0.717) is 0 Å². The van der Waals surface area contributed by atoms with Crippen LogP contribution in [0.1, 0.15) is 60.5 Å². The zero-order valence-electron chi connectivity index (χ0n) is 15.8. The third-order valence-electron chi connectivity index (χ3n) is 3.34. The zero-order chi connectivity index (χ0) is 19.6. The summed E-state index contributed by atoms with van der Waals surface area (Å²) in [6.45, 7) is 11.9. The number of ether oxygens (including phenoxy) is 1. The molecular formula is C18H27F2NO3S. The number of benzene rings is 1. The first-order valence-corrected chi connectivity index (χ1v) is 9.17. The van der Waals surface area contributed by atoms with Gasteiger partial charge in [-0.1, -0.05) is 12.1 Å². The van der Waals surface area contributed by atoms with Crippen molar-refractivity contribution in [1.82, 2.24) is 4.72 Å². The van der Waals surface area contributed by atoms with Crippen molar-refractivity contribution in [3.8, 4) is 0 Å². The van der Waals surface area contributed by atoms with Crippen LogP contribution in [-0.2, 0) is 26.1 Å². The van der Waals surface area contributed by atoms with Gasteiger partial charge in [-0.05, 0) is 54.5 Å². The predicted octanol–water partition coefficient (Wildman–Crippen LogP) is 3.96. The molecule has 2 atom stereocenters. The Morgan fingerprint density at radius 3 is 2.16 bits per heavy atom. The summed E-state index contributed by atoms with van der Waals surface area (Å²) in [4.78, 5) is 12.3. The van der Waals surface area contributed by atoms with Crippen LogP contribution in [0.2, 0.25) is 0 Å². The van der Waals surface area contributed by atoms with Crippen molar-refractivity contribution in [2.75, 3.05) is 0 Å². The van der Waals surface area contributed by atoms with Crippen molar-refractivity contribution in [2.45, 2.75) is 70.8 Å². The molecule has 1 aromatic rings. The van der Waals surface area contributed by atoms with E-state index < -0.39 is 44.5 Å². The van der Waals surface area contributed by atoms with Gasteiger partial charge in [0.2, 0.25) is 0 Å². The number of carbonyl (C=O) groups excluding carboxylic acids is 1. The highest BCUT2D eigenvalue weighted by atomic mass is 32.2. The van der Waals surface area contributed by atoms with Crippen molar-refractivity contribution >= 4 is 17.0 Å². The van der Waals surface area contributed by atoms with Crippen LogP contribution in [0.5, 0.6) is 0 Å². The molecule has 142 valence electrons. The highest BCUT2D eigenvalue weighted by Gasteiger charge is 2.38. The minimum Gasteiger partial charge on any atom is -0.460 e. The average molecular weight is 375 g/mol. The number of hydrogen-bond acceptors (Lipinski definition) is 3. The van der Waals surface area contributed by atoms with E-state index in [1.165, 1.54) is 19.1 Å². The fourth-order valence-electron chi connectivity index (χ4n) is 2.14. The van der Waals surface area contributed by atoms with Crippen molar-refractivity contribution < 1.29 is 22.5 Å². The fraction of sp³-hybridized carbons (Fsp3) is 0.611.